The highest BCUT2D eigenvalue weighted by Crippen LogP contribution is 2.32. The fourth-order valence-electron chi connectivity index (χ4n) is 3.56. The summed E-state index contributed by atoms with van der Waals surface area (Å²) >= 11 is 0. The molecule has 2 aliphatic rings. The number of ketones is 1. The maximum atomic E-state index is 12.1. The molecule has 0 aromatic carbocycles. The Morgan fingerprint density at radius 2 is 1.83 bits per heavy atom. The molecule has 0 radical (unpaired) electrons. The lowest BCUT2D eigenvalue weighted by atomic mass is 9.75. The van der Waals surface area contributed by atoms with Gasteiger partial charge in [-0.1, -0.05) is 26.7 Å². The number of rotatable bonds is 3. The smallest absolute Gasteiger partial charge is 0.137 e. The van der Waals surface area contributed by atoms with E-state index >= 15 is 0 Å². The Morgan fingerprint density at radius 1 is 1.17 bits per heavy atom. The van der Waals surface area contributed by atoms with Crippen LogP contribution in [0.1, 0.15) is 58.8 Å². The highest BCUT2D eigenvalue weighted by atomic mass is 16.1. The van der Waals surface area contributed by atoms with Gasteiger partial charge in [0.25, 0.3) is 0 Å². The van der Waals surface area contributed by atoms with Crippen LogP contribution in [0.15, 0.2) is 0 Å². The zero-order chi connectivity index (χ0) is 13.0. The first-order valence-corrected chi connectivity index (χ1v) is 7.92. The molecule has 0 N–H and O–H groups in total. The third kappa shape index (κ3) is 3.81. The van der Waals surface area contributed by atoms with Gasteiger partial charge in [-0.2, -0.15) is 0 Å². The van der Waals surface area contributed by atoms with Crippen LogP contribution < -0.4 is 0 Å². The molecule has 1 heterocycles. The molecule has 0 bridgehead atoms. The minimum atomic E-state index is 0.337. The molecule has 0 aromatic rings. The molecule has 104 valence electrons. The number of carbonyl (C=O) groups is 1. The van der Waals surface area contributed by atoms with Crippen molar-refractivity contribution in [3.63, 3.8) is 0 Å². The maximum Gasteiger partial charge on any atom is 0.137 e. The first kappa shape index (κ1) is 14.0. The molecule has 18 heavy (non-hydrogen) atoms. The highest BCUT2D eigenvalue weighted by molar-refractivity contribution is 5.82. The van der Waals surface area contributed by atoms with E-state index in [0.717, 1.165) is 37.6 Å². The molecular formula is C16H29NO. The summed E-state index contributed by atoms with van der Waals surface area (Å²) in [5, 5.41) is 0. The van der Waals surface area contributed by atoms with E-state index < -0.39 is 0 Å². The van der Waals surface area contributed by atoms with Gasteiger partial charge in [0.05, 0.1) is 0 Å². The highest BCUT2D eigenvalue weighted by Gasteiger charge is 2.31. The van der Waals surface area contributed by atoms with Crippen LogP contribution in [-0.4, -0.2) is 30.3 Å². The van der Waals surface area contributed by atoms with Crippen LogP contribution in [0.3, 0.4) is 0 Å². The van der Waals surface area contributed by atoms with Crippen LogP contribution in [0.25, 0.3) is 0 Å². The molecule has 2 rings (SSSR count). The average molecular weight is 251 g/mol. The Kier molecular flexibility index (Phi) is 5.23. The van der Waals surface area contributed by atoms with Crippen LogP contribution in [-0.2, 0) is 4.79 Å². The van der Waals surface area contributed by atoms with E-state index in [1.807, 2.05) is 0 Å². The summed E-state index contributed by atoms with van der Waals surface area (Å²) in [6.45, 7) is 8.10. The van der Waals surface area contributed by atoms with Gasteiger partial charge in [-0.25, -0.2) is 0 Å². The van der Waals surface area contributed by atoms with Crippen molar-refractivity contribution >= 4 is 5.78 Å². The number of nitrogens with zero attached hydrogens (tertiary/aromatic N) is 1. The van der Waals surface area contributed by atoms with Gasteiger partial charge in [-0.05, 0) is 50.6 Å². The van der Waals surface area contributed by atoms with E-state index in [2.05, 4.69) is 18.7 Å². The zero-order valence-electron chi connectivity index (χ0n) is 12.2. The lowest BCUT2D eigenvalue weighted by molar-refractivity contribution is -0.126. The molecule has 2 atom stereocenters. The second kappa shape index (κ2) is 6.70. The van der Waals surface area contributed by atoms with Crippen molar-refractivity contribution in [2.45, 2.75) is 58.8 Å². The third-order valence-corrected chi connectivity index (χ3v) is 4.92. The lowest BCUT2D eigenvalue weighted by Gasteiger charge is -2.33. The molecule has 2 unspecified atom stereocenters. The predicted molar refractivity (Wildman–Crippen MR) is 75.6 cm³/mol. The summed E-state index contributed by atoms with van der Waals surface area (Å²) in [4.78, 5) is 14.6. The van der Waals surface area contributed by atoms with Crippen molar-refractivity contribution in [2.24, 2.45) is 17.8 Å². The minimum Gasteiger partial charge on any atom is -0.303 e. The number of likely N-dealkylation sites (tertiary alicyclic amines) is 1. The number of hydrogen-bond acceptors (Lipinski definition) is 2. The molecule has 1 aliphatic heterocycles. The molecule has 1 saturated carbocycles. The molecule has 0 amide bonds. The van der Waals surface area contributed by atoms with Crippen molar-refractivity contribution < 1.29 is 4.79 Å². The Balaban J connectivity index is 1.87. The van der Waals surface area contributed by atoms with Crippen molar-refractivity contribution in [1.82, 2.24) is 4.90 Å². The first-order valence-electron chi connectivity index (χ1n) is 7.92. The summed E-state index contributed by atoms with van der Waals surface area (Å²) < 4.78 is 0. The van der Waals surface area contributed by atoms with Crippen LogP contribution in [0.5, 0.6) is 0 Å². The largest absolute Gasteiger partial charge is 0.303 e. The van der Waals surface area contributed by atoms with Crippen molar-refractivity contribution in [1.29, 1.82) is 0 Å². The predicted octanol–water partition coefficient (Wildman–Crippen LogP) is 3.50. The second-order valence-electron chi connectivity index (χ2n) is 6.66. The molecule has 2 nitrogen and oxygen atoms in total. The molecule has 1 aliphatic carbocycles. The summed E-state index contributed by atoms with van der Waals surface area (Å²) in [5.74, 6) is 2.39. The van der Waals surface area contributed by atoms with Crippen LogP contribution >= 0.6 is 0 Å². The quantitative estimate of drug-likeness (QED) is 0.765. The summed E-state index contributed by atoms with van der Waals surface area (Å²) in [6.07, 6.45) is 8.53. The number of carbonyl (C=O) groups excluding carboxylic acids is 1. The number of hydrogen-bond donors (Lipinski definition) is 0. The van der Waals surface area contributed by atoms with Gasteiger partial charge in [0.2, 0.25) is 0 Å². The molecule has 2 fully saturated rings. The van der Waals surface area contributed by atoms with Crippen LogP contribution in [0.2, 0.25) is 0 Å². The minimum absolute atomic E-state index is 0.337. The third-order valence-electron chi connectivity index (χ3n) is 4.92. The van der Waals surface area contributed by atoms with E-state index in [0.29, 0.717) is 11.7 Å². The van der Waals surface area contributed by atoms with Gasteiger partial charge in [0, 0.05) is 18.9 Å². The standard InChI is InChI=1S/C16H29NO/c1-13(2)14-7-8-16(18)15(11-14)12-17-9-5-3-4-6-10-17/h13-15H,3-12H2,1-2H3. The van der Waals surface area contributed by atoms with E-state index in [1.165, 1.54) is 38.8 Å². The van der Waals surface area contributed by atoms with Gasteiger partial charge in [0.15, 0.2) is 0 Å². The lowest BCUT2D eigenvalue weighted by Crippen LogP contribution is -2.38. The number of Topliss-reactive ketones (excluding diaryl/α,β-unsaturated/α-hetero) is 1. The van der Waals surface area contributed by atoms with E-state index in [1.54, 1.807) is 0 Å². The monoisotopic (exact) mass is 251 g/mol. The van der Waals surface area contributed by atoms with Crippen molar-refractivity contribution in [3.8, 4) is 0 Å². The topological polar surface area (TPSA) is 20.3 Å². The van der Waals surface area contributed by atoms with Crippen molar-refractivity contribution in [3.05, 3.63) is 0 Å². The van der Waals surface area contributed by atoms with Crippen molar-refractivity contribution in [2.75, 3.05) is 19.6 Å². The second-order valence-corrected chi connectivity index (χ2v) is 6.66. The molecular weight excluding hydrogens is 222 g/mol. The normalized spacial score (nSPS) is 31.6. The Hall–Kier alpha value is -0.370. The van der Waals surface area contributed by atoms with Crippen LogP contribution in [0.4, 0.5) is 0 Å². The zero-order valence-corrected chi connectivity index (χ0v) is 12.2. The van der Waals surface area contributed by atoms with E-state index in [-0.39, 0.29) is 0 Å². The SMILES string of the molecule is CC(C)C1CCC(=O)C(CN2CCCCCC2)C1. The Labute approximate surface area is 112 Å². The fourth-order valence-corrected chi connectivity index (χ4v) is 3.56. The average Bonchev–Trinajstić information content (AvgIpc) is 2.60. The molecule has 1 saturated heterocycles. The van der Waals surface area contributed by atoms with Gasteiger partial charge in [0.1, 0.15) is 5.78 Å². The first-order chi connectivity index (χ1) is 8.66. The van der Waals surface area contributed by atoms with Crippen LogP contribution in [0, 0.1) is 17.8 Å². The maximum absolute atomic E-state index is 12.1. The molecule has 0 aromatic heterocycles. The Morgan fingerprint density at radius 3 is 2.44 bits per heavy atom. The molecule has 0 spiro atoms. The van der Waals surface area contributed by atoms with E-state index in [9.17, 15) is 4.79 Å². The molecule has 2 heteroatoms. The van der Waals surface area contributed by atoms with Gasteiger partial charge in [-0.3, -0.25) is 4.79 Å². The summed E-state index contributed by atoms with van der Waals surface area (Å²) in [7, 11) is 0. The van der Waals surface area contributed by atoms with Gasteiger partial charge < -0.3 is 4.90 Å². The fraction of sp³-hybridized carbons (Fsp3) is 0.938. The van der Waals surface area contributed by atoms with Gasteiger partial charge in [-0.15, -0.1) is 0 Å². The van der Waals surface area contributed by atoms with Gasteiger partial charge >= 0.3 is 0 Å². The van der Waals surface area contributed by atoms with E-state index in [4.69, 9.17) is 0 Å². The summed E-state index contributed by atoms with van der Waals surface area (Å²) in [5.41, 5.74) is 0. The Bertz CT molecular complexity index is 266. The summed E-state index contributed by atoms with van der Waals surface area (Å²) in [6, 6.07) is 0.